The minimum Gasteiger partial charge on any atom is -0.397 e. The van der Waals surface area contributed by atoms with Gasteiger partial charge in [-0.15, -0.1) is 0 Å². The lowest BCUT2D eigenvalue weighted by atomic mass is 9.99. The number of aryl methyl sites for hydroxylation is 2. The van der Waals surface area contributed by atoms with Crippen molar-refractivity contribution >= 4 is 17.1 Å². The molecule has 0 aliphatic rings. The van der Waals surface area contributed by atoms with E-state index in [0.29, 0.717) is 5.92 Å². The first-order valence-corrected chi connectivity index (χ1v) is 7.11. The molecule has 0 amide bonds. The molecule has 0 fully saturated rings. The lowest BCUT2D eigenvalue weighted by molar-refractivity contribution is 0.865. The SMILES string of the molecule is Cc1ccc(C(C)C)cc1N(C)c1c(C)cccc1N. The summed E-state index contributed by atoms with van der Waals surface area (Å²) in [6.45, 7) is 8.68. The minimum absolute atomic E-state index is 0.525. The Bertz CT molecular complexity index is 595. The van der Waals surface area contributed by atoms with Gasteiger partial charge in [-0.05, 0) is 48.6 Å². The van der Waals surface area contributed by atoms with Gasteiger partial charge in [0.15, 0.2) is 0 Å². The molecule has 0 bridgehead atoms. The Morgan fingerprint density at radius 2 is 1.70 bits per heavy atom. The van der Waals surface area contributed by atoms with Gasteiger partial charge in [0, 0.05) is 12.7 Å². The molecule has 2 N–H and O–H groups in total. The summed E-state index contributed by atoms with van der Waals surface area (Å²) in [7, 11) is 2.09. The second-order valence-electron chi connectivity index (χ2n) is 5.77. The van der Waals surface area contributed by atoms with Crippen LogP contribution in [0.3, 0.4) is 0 Å². The smallest absolute Gasteiger partial charge is 0.0671 e. The normalized spacial score (nSPS) is 10.9. The third kappa shape index (κ3) is 2.64. The predicted molar refractivity (Wildman–Crippen MR) is 88.9 cm³/mol. The van der Waals surface area contributed by atoms with Crippen LogP contribution in [0, 0.1) is 13.8 Å². The highest BCUT2D eigenvalue weighted by Gasteiger charge is 2.13. The van der Waals surface area contributed by atoms with Crippen LogP contribution in [0.2, 0.25) is 0 Å². The number of rotatable bonds is 3. The standard InChI is InChI=1S/C18H24N2/c1-12(2)15-10-9-13(3)17(11-15)20(5)18-14(4)7-6-8-16(18)19/h6-12H,19H2,1-5H3. The first-order valence-electron chi connectivity index (χ1n) is 7.11. The first kappa shape index (κ1) is 14.4. The summed E-state index contributed by atoms with van der Waals surface area (Å²) in [4.78, 5) is 2.20. The van der Waals surface area contributed by atoms with Gasteiger partial charge in [0.25, 0.3) is 0 Å². The second-order valence-corrected chi connectivity index (χ2v) is 5.77. The summed E-state index contributed by atoms with van der Waals surface area (Å²) < 4.78 is 0. The molecule has 0 atom stereocenters. The van der Waals surface area contributed by atoms with Crippen LogP contribution in [0.1, 0.15) is 36.5 Å². The molecular weight excluding hydrogens is 244 g/mol. The number of hydrogen-bond donors (Lipinski definition) is 1. The van der Waals surface area contributed by atoms with E-state index in [9.17, 15) is 0 Å². The summed E-state index contributed by atoms with van der Waals surface area (Å²) in [6, 6.07) is 12.7. The van der Waals surface area contributed by atoms with Crippen molar-refractivity contribution in [2.45, 2.75) is 33.6 Å². The van der Waals surface area contributed by atoms with Gasteiger partial charge in [0.1, 0.15) is 0 Å². The van der Waals surface area contributed by atoms with E-state index in [4.69, 9.17) is 5.73 Å². The highest BCUT2D eigenvalue weighted by molar-refractivity contribution is 5.78. The van der Waals surface area contributed by atoms with Gasteiger partial charge >= 0.3 is 0 Å². The van der Waals surface area contributed by atoms with E-state index < -0.39 is 0 Å². The number of anilines is 3. The summed E-state index contributed by atoms with van der Waals surface area (Å²) in [5.41, 5.74) is 13.1. The molecule has 0 saturated heterocycles. The lowest BCUT2D eigenvalue weighted by Gasteiger charge is -2.26. The number of nitrogens with zero attached hydrogens (tertiary/aromatic N) is 1. The zero-order valence-electron chi connectivity index (χ0n) is 13.1. The Hall–Kier alpha value is -1.96. The topological polar surface area (TPSA) is 29.3 Å². The van der Waals surface area contributed by atoms with E-state index >= 15 is 0 Å². The minimum atomic E-state index is 0.525. The molecule has 2 nitrogen and oxygen atoms in total. The summed E-state index contributed by atoms with van der Waals surface area (Å²) in [6.07, 6.45) is 0. The molecule has 2 aromatic rings. The molecule has 2 rings (SSSR count). The van der Waals surface area contributed by atoms with Crippen molar-refractivity contribution in [1.82, 2.24) is 0 Å². The first-order chi connectivity index (χ1) is 9.41. The van der Waals surface area contributed by atoms with E-state index in [1.807, 2.05) is 12.1 Å². The molecule has 0 aliphatic carbocycles. The van der Waals surface area contributed by atoms with Crippen LogP contribution in [-0.2, 0) is 0 Å². The van der Waals surface area contributed by atoms with Crippen LogP contribution < -0.4 is 10.6 Å². The van der Waals surface area contributed by atoms with Gasteiger partial charge < -0.3 is 10.6 Å². The molecule has 2 heteroatoms. The van der Waals surface area contributed by atoms with Crippen LogP contribution in [0.4, 0.5) is 17.1 Å². The fraction of sp³-hybridized carbons (Fsp3) is 0.333. The van der Waals surface area contributed by atoms with Crippen LogP contribution in [-0.4, -0.2) is 7.05 Å². The second kappa shape index (κ2) is 5.58. The number of para-hydroxylation sites is 1. The maximum atomic E-state index is 6.17. The van der Waals surface area contributed by atoms with Crippen LogP contribution in [0.5, 0.6) is 0 Å². The van der Waals surface area contributed by atoms with Crippen molar-refractivity contribution in [2.24, 2.45) is 0 Å². The molecule has 0 saturated carbocycles. The fourth-order valence-corrected chi connectivity index (χ4v) is 2.61. The molecule has 20 heavy (non-hydrogen) atoms. The monoisotopic (exact) mass is 268 g/mol. The number of hydrogen-bond acceptors (Lipinski definition) is 2. The molecule has 0 spiro atoms. The quantitative estimate of drug-likeness (QED) is 0.812. The van der Waals surface area contributed by atoms with Gasteiger partial charge in [0.2, 0.25) is 0 Å². The largest absolute Gasteiger partial charge is 0.397 e. The zero-order valence-corrected chi connectivity index (χ0v) is 13.1. The molecule has 0 aromatic heterocycles. The summed E-state index contributed by atoms with van der Waals surface area (Å²) in [5.74, 6) is 0.525. The maximum absolute atomic E-state index is 6.17. The molecule has 106 valence electrons. The van der Waals surface area contributed by atoms with Crippen molar-refractivity contribution in [3.8, 4) is 0 Å². The zero-order chi connectivity index (χ0) is 14.9. The van der Waals surface area contributed by atoms with E-state index in [1.54, 1.807) is 0 Å². The van der Waals surface area contributed by atoms with Crippen molar-refractivity contribution in [1.29, 1.82) is 0 Å². The summed E-state index contributed by atoms with van der Waals surface area (Å²) >= 11 is 0. The Balaban J connectivity index is 2.53. The molecule has 2 aromatic carbocycles. The Labute approximate surface area is 122 Å². The highest BCUT2D eigenvalue weighted by atomic mass is 15.1. The third-order valence-electron chi connectivity index (χ3n) is 3.87. The molecule has 0 radical (unpaired) electrons. The van der Waals surface area contributed by atoms with Gasteiger partial charge in [-0.2, -0.15) is 0 Å². The number of benzene rings is 2. The van der Waals surface area contributed by atoms with E-state index in [-0.39, 0.29) is 0 Å². The van der Waals surface area contributed by atoms with Crippen molar-refractivity contribution < 1.29 is 0 Å². The van der Waals surface area contributed by atoms with Gasteiger partial charge in [-0.3, -0.25) is 0 Å². The lowest BCUT2D eigenvalue weighted by Crippen LogP contribution is -2.14. The molecular formula is C18H24N2. The molecule has 0 unspecified atom stereocenters. The van der Waals surface area contributed by atoms with Crippen LogP contribution in [0.25, 0.3) is 0 Å². The molecule has 0 heterocycles. The summed E-state index contributed by atoms with van der Waals surface area (Å²) in [5, 5.41) is 0. The number of nitrogens with two attached hydrogens (primary N) is 1. The highest BCUT2D eigenvalue weighted by Crippen LogP contribution is 2.35. The maximum Gasteiger partial charge on any atom is 0.0671 e. The van der Waals surface area contributed by atoms with Crippen LogP contribution in [0.15, 0.2) is 36.4 Å². The third-order valence-corrected chi connectivity index (χ3v) is 3.87. The van der Waals surface area contributed by atoms with E-state index in [2.05, 4.69) is 63.9 Å². The van der Waals surface area contributed by atoms with Crippen molar-refractivity contribution in [2.75, 3.05) is 17.7 Å². The Kier molecular flexibility index (Phi) is 4.03. The predicted octanol–water partition coefficient (Wildman–Crippen LogP) is 4.78. The van der Waals surface area contributed by atoms with Gasteiger partial charge in [0.05, 0.1) is 11.4 Å². The number of nitrogen functional groups attached to an aromatic ring is 1. The van der Waals surface area contributed by atoms with E-state index in [1.165, 1.54) is 22.4 Å². The average molecular weight is 268 g/mol. The van der Waals surface area contributed by atoms with E-state index in [0.717, 1.165) is 11.4 Å². The van der Waals surface area contributed by atoms with Crippen molar-refractivity contribution in [3.63, 3.8) is 0 Å². The Morgan fingerprint density at radius 3 is 2.30 bits per heavy atom. The molecule has 0 aliphatic heterocycles. The fourth-order valence-electron chi connectivity index (χ4n) is 2.61. The van der Waals surface area contributed by atoms with Crippen molar-refractivity contribution in [3.05, 3.63) is 53.1 Å². The van der Waals surface area contributed by atoms with Crippen LogP contribution >= 0.6 is 0 Å². The van der Waals surface area contributed by atoms with Gasteiger partial charge in [-0.1, -0.05) is 38.1 Å². The Morgan fingerprint density at radius 1 is 1.00 bits per heavy atom. The van der Waals surface area contributed by atoms with Gasteiger partial charge in [-0.25, -0.2) is 0 Å². The average Bonchev–Trinajstić information content (AvgIpc) is 2.38.